The molecule has 0 aliphatic rings. The molecule has 0 fully saturated rings. The molecule has 0 aliphatic heterocycles. The van der Waals surface area contributed by atoms with E-state index in [4.69, 9.17) is 9.47 Å². The van der Waals surface area contributed by atoms with Crippen LogP contribution in [0.4, 0.5) is 0 Å². The maximum atomic E-state index is 12.4. The predicted octanol–water partition coefficient (Wildman–Crippen LogP) is 26.1. The zero-order valence-electron chi connectivity index (χ0n) is 57.8. The molecule has 1 atom stereocenters. The first kappa shape index (κ1) is 84.5. The Morgan fingerprint density at radius 1 is 0.256 bits per heavy atom. The van der Waals surface area contributed by atoms with Crippen LogP contribution in [0.25, 0.3) is 0 Å². The van der Waals surface area contributed by atoms with Gasteiger partial charge >= 0.3 is 11.9 Å². The summed E-state index contributed by atoms with van der Waals surface area (Å²) < 4.78 is 10.8. The lowest BCUT2D eigenvalue weighted by Gasteiger charge is -2.15. The number of aliphatic hydroxyl groups excluding tert-OH is 1. The van der Waals surface area contributed by atoms with E-state index < -0.39 is 6.10 Å². The second kappa shape index (κ2) is 77.7. The lowest BCUT2D eigenvalue weighted by molar-refractivity contribution is -0.161. The second-order valence-corrected chi connectivity index (χ2v) is 23.6. The summed E-state index contributed by atoms with van der Waals surface area (Å²) in [5.41, 5.74) is 0. The van der Waals surface area contributed by atoms with Crippen LogP contribution < -0.4 is 0 Å². The highest BCUT2D eigenvalue weighted by Gasteiger charge is 2.16. The summed E-state index contributed by atoms with van der Waals surface area (Å²) in [6, 6.07) is 0. The van der Waals surface area contributed by atoms with E-state index in [2.05, 4.69) is 220 Å². The Morgan fingerprint density at radius 2 is 0.444 bits per heavy atom. The molecule has 0 amide bonds. The minimum absolute atomic E-state index is 0.0785. The molecule has 0 saturated carbocycles. The molecule has 0 aromatic rings. The average molecular weight is 1240 g/mol. The van der Waals surface area contributed by atoms with Crippen molar-refractivity contribution in [2.75, 3.05) is 13.2 Å². The first-order valence-electron chi connectivity index (χ1n) is 36.6. The van der Waals surface area contributed by atoms with Gasteiger partial charge in [0, 0.05) is 12.8 Å². The third kappa shape index (κ3) is 74.9. The Labute approximate surface area is 555 Å². The van der Waals surface area contributed by atoms with E-state index in [0.29, 0.717) is 12.8 Å². The average Bonchev–Trinajstić information content (AvgIpc) is 3.59. The van der Waals surface area contributed by atoms with E-state index in [0.717, 1.165) is 148 Å². The van der Waals surface area contributed by atoms with E-state index in [1.54, 1.807) is 0 Å². The number of carbonyl (C=O) groups excluding carboxylic acids is 2. The van der Waals surface area contributed by atoms with Gasteiger partial charge in [-0.2, -0.15) is 0 Å². The standard InChI is InChI=1S/C85H134O5/c1-3-5-7-9-11-13-15-17-19-21-23-25-27-29-31-33-35-37-39-41-42-44-46-48-50-52-54-56-58-60-62-64-66-68-70-72-74-76-78-80-85(88)90-83(81-86)82-89-84(87)79-77-75-73-71-69-67-65-63-61-59-57-55-53-51-49-47-45-43-40-38-36-34-32-30-28-26-24-22-20-18-16-14-12-10-8-6-4-2/h5-8,11-14,17-20,23-26,29-32,35-38,41-43,45-46,48-49,51-52,54,83,86H,3-4,9-10,15-16,21-22,27-28,33-34,39-40,44,47,50,53,55-82H2,1-2H3/b7-5-,8-6-,13-11-,14-12-,19-17-,20-18-,25-23-,26-24-,31-29-,32-30-,37-35-,38-36-,42-41-,45-43-,48-46-,51-49-,54-52-. The van der Waals surface area contributed by atoms with Gasteiger partial charge in [-0.05, 0) is 148 Å². The van der Waals surface area contributed by atoms with Gasteiger partial charge in [-0.3, -0.25) is 9.59 Å². The van der Waals surface area contributed by atoms with Gasteiger partial charge in [0.2, 0.25) is 0 Å². The van der Waals surface area contributed by atoms with E-state index in [1.165, 1.54) is 122 Å². The minimum atomic E-state index is -0.790. The second-order valence-electron chi connectivity index (χ2n) is 23.6. The van der Waals surface area contributed by atoms with Gasteiger partial charge in [0.25, 0.3) is 0 Å². The van der Waals surface area contributed by atoms with Crippen molar-refractivity contribution < 1.29 is 24.2 Å². The highest BCUT2D eigenvalue weighted by molar-refractivity contribution is 5.70. The predicted molar refractivity (Wildman–Crippen MR) is 398 cm³/mol. The van der Waals surface area contributed by atoms with Crippen molar-refractivity contribution >= 4 is 11.9 Å². The summed E-state index contributed by atoms with van der Waals surface area (Å²) in [5, 5.41) is 9.72. The van der Waals surface area contributed by atoms with Crippen LogP contribution in [0.15, 0.2) is 207 Å². The molecule has 1 N–H and O–H groups in total. The van der Waals surface area contributed by atoms with Crippen LogP contribution in [-0.4, -0.2) is 36.4 Å². The number of unbranched alkanes of at least 4 members (excludes halogenated alkanes) is 23. The summed E-state index contributed by atoms with van der Waals surface area (Å²) in [5.74, 6) is -0.603. The number of allylic oxidation sites excluding steroid dienone is 34. The Morgan fingerprint density at radius 3 is 0.667 bits per heavy atom. The van der Waals surface area contributed by atoms with Crippen LogP contribution in [0.1, 0.15) is 296 Å². The SMILES string of the molecule is CC/C=C\C/C=C\C/C=C\C/C=C\C/C=C\C/C=C\C/C=C\C/C=C\C/C=C\CCCCCCCCCCCCCC(=O)OC(CO)COC(=O)CCCCCCCCCCCCCC/C=C\C/C=C\C/C=C\C/C=C\C/C=C\C/C=C\C/C=C\C/C=C\CC. The number of hydrogen-bond donors (Lipinski definition) is 1. The van der Waals surface area contributed by atoms with E-state index >= 15 is 0 Å². The fourth-order valence-electron chi connectivity index (χ4n) is 9.68. The highest BCUT2D eigenvalue weighted by Crippen LogP contribution is 2.16. The van der Waals surface area contributed by atoms with Crippen molar-refractivity contribution in [3.05, 3.63) is 207 Å². The van der Waals surface area contributed by atoms with Gasteiger partial charge in [0.1, 0.15) is 6.61 Å². The highest BCUT2D eigenvalue weighted by atomic mass is 16.6. The Balaban J connectivity index is 3.57. The molecule has 0 heterocycles. The van der Waals surface area contributed by atoms with Gasteiger partial charge in [-0.1, -0.05) is 342 Å². The van der Waals surface area contributed by atoms with Gasteiger partial charge in [-0.25, -0.2) is 0 Å². The Bertz CT molecular complexity index is 2090. The van der Waals surface area contributed by atoms with Crippen LogP contribution in [0, 0.1) is 0 Å². The molecule has 90 heavy (non-hydrogen) atoms. The summed E-state index contributed by atoms with van der Waals surface area (Å²) in [4.78, 5) is 24.7. The molecule has 5 heteroatoms. The molecule has 1 unspecified atom stereocenters. The summed E-state index contributed by atoms with van der Waals surface area (Å²) in [6.45, 7) is 3.91. The van der Waals surface area contributed by atoms with Crippen molar-refractivity contribution in [1.82, 2.24) is 0 Å². The summed E-state index contributed by atoms with van der Waals surface area (Å²) >= 11 is 0. The lowest BCUT2D eigenvalue weighted by Crippen LogP contribution is -2.28. The van der Waals surface area contributed by atoms with Crippen LogP contribution in [0.2, 0.25) is 0 Å². The van der Waals surface area contributed by atoms with Crippen molar-refractivity contribution in [2.24, 2.45) is 0 Å². The third-order valence-electron chi connectivity index (χ3n) is 15.1. The van der Waals surface area contributed by atoms with E-state index in [1.807, 2.05) is 0 Å². The van der Waals surface area contributed by atoms with Gasteiger partial charge in [0.05, 0.1) is 6.61 Å². The lowest BCUT2D eigenvalue weighted by atomic mass is 10.0. The quantitative estimate of drug-likeness (QED) is 0.0373. The fraction of sp³-hybridized carbons (Fsp3) is 0.576. The number of carbonyl (C=O) groups is 2. The van der Waals surface area contributed by atoms with Crippen molar-refractivity contribution in [3.8, 4) is 0 Å². The van der Waals surface area contributed by atoms with Gasteiger partial charge in [-0.15, -0.1) is 0 Å². The van der Waals surface area contributed by atoms with E-state index in [9.17, 15) is 14.7 Å². The van der Waals surface area contributed by atoms with Crippen LogP contribution in [-0.2, 0) is 19.1 Å². The first-order valence-corrected chi connectivity index (χ1v) is 36.6. The molecule has 0 radical (unpaired) electrons. The van der Waals surface area contributed by atoms with Crippen LogP contribution in [0.3, 0.4) is 0 Å². The topological polar surface area (TPSA) is 72.8 Å². The Hall–Kier alpha value is -5.52. The molecular weight excluding hydrogens is 1100 g/mol. The number of hydrogen-bond acceptors (Lipinski definition) is 5. The molecule has 0 aromatic carbocycles. The normalized spacial score (nSPS) is 13.5. The number of esters is 2. The molecular formula is C85H134O5. The molecule has 0 aliphatic carbocycles. The molecule has 504 valence electrons. The molecule has 0 spiro atoms. The van der Waals surface area contributed by atoms with Crippen LogP contribution >= 0.6 is 0 Å². The molecule has 0 saturated heterocycles. The van der Waals surface area contributed by atoms with E-state index in [-0.39, 0.29) is 25.2 Å². The number of rotatable bonds is 65. The molecule has 5 nitrogen and oxygen atoms in total. The zero-order chi connectivity index (χ0) is 64.7. The van der Waals surface area contributed by atoms with Gasteiger partial charge in [0.15, 0.2) is 6.10 Å². The maximum Gasteiger partial charge on any atom is 0.306 e. The molecule has 0 aromatic heterocycles. The van der Waals surface area contributed by atoms with Crippen molar-refractivity contribution in [3.63, 3.8) is 0 Å². The fourth-order valence-corrected chi connectivity index (χ4v) is 9.68. The summed E-state index contributed by atoms with van der Waals surface area (Å²) in [7, 11) is 0. The molecule has 0 rings (SSSR count). The zero-order valence-corrected chi connectivity index (χ0v) is 57.8. The largest absolute Gasteiger partial charge is 0.462 e. The third-order valence-corrected chi connectivity index (χ3v) is 15.1. The summed E-state index contributed by atoms with van der Waals surface area (Å²) in [6.07, 6.45) is 124. The Kier molecular flexibility index (Phi) is 73.0. The van der Waals surface area contributed by atoms with Gasteiger partial charge < -0.3 is 14.6 Å². The molecule has 0 bridgehead atoms. The van der Waals surface area contributed by atoms with Crippen molar-refractivity contribution in [2.45, 2.75) is 302 Å². The first-order chi connectivity index (χ1) is 44.6. The van der Waals surface area contributed by atoms with Crippen LogP contribution in [0.5, 0.6) is 0 Å². The maximum absolute atomic E-state index is 12.4. The number of aliphatic hydroxyl groups is 1. The van der Waals surface area contributed by atoms with Crippen molar-refractivity contribution in [1.29, 1.82) is 0 Å². The number of ether oxygens (including phenoxy) is 2. The monoisotopic (exact) mass is 1240 g/mol. The minimum Gasteiger partial charge on any atom is -0.462 e. The smallest absolute Gasteiger partial charge is 0.306 e.